The van der Waals surface area contributed by atoms with E-state index in [0.29, 0.717) is 41.8 Å². The van der Waals surface area contributed by atoms with E-state index in [-0.39, 0.29) is 11.3 Å². The number of aromatic nitrogens is 2. The molecule has 1 aromatic heterocycles. The lowest BCUT2D eigenvalue weighted by Gasteiger charge is -2.38. The maximum Gasteiger partial charge on any atom is 0.407 e. The van der Waals surface area contributed by atoms with Crippen molar-refractivity contribution in [2.45, 2.75) is 90.2 Å². The van der Waals surface area contributed by atoms with E-state index < -0.39 is 121 Å². The van der Waals surface area contributed by atoms with Crippen LogP contribution in [0.3, 0.4) is 0 Å². The zero-order valence-electron chi connectivity index (χ0n) is 33.3. The summed E-state index contributed by atoms with van der Waals surface area (Å²) in [6.07, 6.45) is -18.2. The average molecular weight is 1010 g/mol. The van der Waals surface area contributed by atoms with E-state index in [1.54, 1.807) is 17.4 Å². The summed E-state index contributed by atoms with van der Waals surface area (Å²) in [6.45, 7) is -0.936. The van der Waals surface area contributed by atoms with Gasteiger partial charge in [-0.25, -0.2) is 32.2 Å². The Labute approximate surface area is 360 Å². The van der Waals surface area contributed by atoms with Crippen molar-refractivity contribution in [1.29, 1.82) is 0 Å². The Kier molecular flexibility index (Phi) is 17.0. The van der Waals surface area contributed by atoms with Gasteiger partial charge < -0.3 is 30.9 Å². The number of aliphatic hydroxyl groups excluding tert-OH is 1. The molecule has 4 amide bonds. The van der Waals surface area contributed by atoms with Gasteiger partial charge in [-0.2, -0.15) is 31.4 Å². The fourth-order valence-electron chi connectivity index (χ4n) is 5.77. The minimum absolute atomic E-state index is 0.153. The Morgan fingerprint density at radius 3 is 1.87 bits per heavy atom. The molecule has 4 atom stereocenters. The maximum atomic E-state index is 15.8. The Bertz CT molecular complexity index is 2030. The Morgan fingerprint density at radius 1 is 0.855 bits per heavy atom. The molecule has 2 aromatic carbocycles. The van der Waals surface area contributed by atoms with Crippen molar-refractivity contribution in [3.05, 3.63) is 75.0 Å². The van der Waals surface area contributed by atoms with Crippen molar-refractivity contribution in [2.24, 2.45) is 10.8 Å². The van der Waals surface area contributed by atoms with Gasteiger partial charge in [0.25, 0.3) is 12.3 Å². The number of carboxylic acid groups (broad SMARTS) is 1. The lowest BCUT2D eigenvalue weighted by Crippen LogP contribution is -2.63. The van der Waals surface area contributed by atoms with Gasteiger partial charge in [-0.3, -0.25) is 19.7 Å². The number of methoxy groups -OCH3 is 1. The molecule has 0 aliphatic rings. The first kappa shape index (κ1) is 51.4. The van der Waals surface area contributed by atoms with Crippen LogP contribution in [0.25, 0.3) is 11.3 Å². The number of carbonyl (C=O) groups is 4. The number of alkyl halides is 8. The van der Waals surface area contributed by atoms with Gasteiger partial charge in [0.2, 0.25) is 5.91 Å². The van der Waals surface area contributed by atoms with Gasteiger partial charge in [-0.15, -0.1) is 0 Å². The third kappa shape index (κ3) is 13.3. The number of nitrogens with zero attached hydrogens (tertiary/aromatic N) is 3. The van der Waals surface area contributed by atoms with Crippen LogP contribution >= 0.6 is 22.6 Å². The highest BCUT2D eigenvalue weighted by Gasteiger charge is 2.57. The molecule has 0 radical (unpaired) electrons. The summed E-state index contributed by atoms with van der Waals surface area (Å²) in [5.41, 5.74) is -5.15. The molecule has 62 heavy (non-hydrogen) atoms. The lowest BCUT2D eigenvalue weighted by molar-refractivity contribution is -0.221. The van der Waals surface area contributed by atoms with Crippen LogP contribution in [0.5, 0.6) is 0 Å². The van der Waals surface area contributed by atoms with E-state index in [4.69, 9.17) is 0 Å². The van der Waals surface area contributed by atoms with E-state index in [9.17, 15) is 64.5 Å². The van der Waals surface area contributed by atoms with E-state index >= 15 is 8.78 Å². The van der Waals surface area contributed by atoms with Crippen LogP contribution in [0.1, 0.15) is 38.8 Å². The zero-order chi connectivity index (χ0) is 47.1. The third-order valence-corrected chi connectivity index (χ3v) is 10.5. The smallest absolute Gasteiger partial charge is 0.407 e. The highest BCUT2D eigenvalue weighted by Crippen LogP contribution is 2.42. The molecular weight excluding hydrogens is 971 g/mol. The molecule has 0 aliphatic heterocycles. The Morgan fingerprint density at radius 2 is 1.39 bits per heavy atom. The van der Waals surface area contributed by atoms with Crippen LogP contribution in [0.2, 0.25) is 0 Å². The number of hydrogen-bond acceptors (Lipinski definition) is 8. The second-order valence-corrected chi connectivity index (χ2v) is 16.2. The second-order valence-electron chi connectivity index (χ2n) is 15.0. The van der Waals surface area contributed by atoms with Crippen molar-refractivity contribution in [3.8, 4) is 11.3 Å². The van der Waals surface area contributed by atoms with Crippen molar-refractivity contribution in [1.82, 2.24) is 36.2 Å². The standard InChI is InChI=1S/C37H42F10IN7O7/c1-34(2,36(42,43)44)28(50-32(59)60)30(57)49-25(12-18-6-8-20(48)9-7-18)26(56)16-55(53-31(58)29(51-33(61)62-5)35(3,4)37(45,46)47)15-21-22(38)13-19(14-23(21)39)24-10-11-54(52-24)17-27(40)41/h6-11,13-14,25-29,50,56H,12,15-17H2,1-5H3,(H,49,57)(H,51,61)(H,53,58)(H,59,60)/t25-,26-,28+,29+/m0/s1. The number of hydrogen-bond donors (Lipinski definition) is 6. The SMILES string of the molecule is COC(=O)N[C@H](C(=O)NN(Cc1c(F)cc(-c2ccn(CC(F)F)n2)cc1F)C[C@H](O)[C@H](Cc1ccc(I)cc1)NC(=O)[C@@H](NC(=O)O)C(C)(C)C(F)(F)F)C(C)(C)C(F)(F)F. The minimum Gasteiger partial charge on any atom is -0.465 e. The van der Waals surface area contributed by atoms with Crippen LogP contribution < -0.4 is 21.4 Å². The third-order valence-electron chi connectivity index (χ3n) is 9.73. The summed E-state index contributed by atoms with van der Waals surface area (Å²) < 4.78 is 148. The molecular formula is C37H42F10IN7O7. The van der Waals surface area contributed by atoms with Crippen LogP contribution in [0, 0.1) is 26.0 Å². The molecule has 0 spiro atoms. The van der Waals surface area contributed by atoms with Crippen molar-refractivity contribution < 1.29 is 78.0 Å². The zero-order valence-corrected chi connectivity index (χ0v) is 35.4. The number of alkyl carbamates (subject to hydrolysis) is 1. The van der Waals surface area contributed by atoms with Gasteiger partial charge in [0.15, 0.2) is 0 Å². The van der Waals surface area contributed by atoms with E-state index in [2.05, 4.69) is 15.2 Å². The van der Waals surface area contributed by atoms with Gasteiger partial charge >= 0.3 is 24.5 Å². The predicted molar refractivity (Wildman–Crippen MR) is 207 cm³/mol. The van der Waals surface area contributed by atoms with Crippen molar-refractivity contribution in [2.75, 3.05) is 13.7 Å². The number of carbonyl (C=O) groups excluding carboxylic acids is 3. The summed E-state index contributed by atoms with van der Waals surface area (Å²) in [4.78, 5) is 51.0. The number of hydrazine groups is 1. The van der Waals surface area contributed by atoms with Gasteiger partial charge in [-0.05, 0) is 92.6 Å². The molecule has 25 heteroatoms. The van der Waals surface area contributed by atoms with E-state index in [0.717, 1.165) is 30.1 Å². The second kappa shape index (κ2) is 20.5. The average Bonchev–Trinajstić information content (AvgIpc) is 3.61. The Balaban J connectivity index is 2.15. The molecule has 1 heterocycles. The van der Waals surface area contributed by atoms with Crippen LogP contribution in [-0.4, -0.2) is 106 Å². The summed E-state index contributed by atoms with van der Waals surface area (Å²) in [6, 6.07) is 1.94. The monoisotopic (exact) mass is 1010 g/mol. The molecule has 3 aromatic rings. The molecule has 6 N–H and O–H groups in total. The molecule has 3 rings (SSSR count). The summed E-state index contributed by atoms with van der Waals surface area (Å²) in [5.74, 6) is -6.03. The largest absolute Gasteiger partial charge is 0.465 e. The summed E-state index contributed by atoms with van der Waals surface area (Å²) in [5, 5.41) is 30.8. The molecule has 0 saturated carbocycles. The fourth-order valence-corrected chi connectivity index (χ4v) is 6.13. The van der Waals surface area contributed by atoms with E-state index in [1.165, 1.54) is 23.5 Å². The number of amides is 4. The lowest BCUT2D eigenvalue weighted by atomic mass is 9.82. The first-order valence-electron chi connectivity index (χ1n) is 18.0. The number of halogens is 11. The number of benzene rings is 2. The summed E-state index contributed by atoms with van der Waals surface area (Å²) >= 11 is 1.94. The maximum absolute atomic E-state index is 15.8. The molecule has 0 aliphatic carbocycles. The van der Waals surface area contributed by atoms with Gasteiger partial charge in [0, 0.05) is 34.0 Å². The number of rotatable bonds is 18. The number of nitrogens with one attached hydrogen (secondary N) is 4. The molecule has 0 fully saturated rings. The van der Waals surface area contributed by atoms with E-state index in [1.807, 2.05) is 28.0 Å². The highest BCUT2D eigenvalue weighted by atomic mass is 127. The molecule has 14 nitrogen and oxygen atoms in total. The topological polar surface area (TPSA) is 187 Å². The van der Waals surface area contributed by atoms with Crippen molar-refractivity contribution >= 4 is 46.6 Å². The molecule has 0 bridgehead atoms. The van der Waals surface area contributed by atoms with Crippen LogP contribution in [0.15, 0.2) is 48.7 Å². The van der Waals surface area contributed by atoms with Gasteiger partial charge in [0.1, 0.15) is 30.3 Å². The minimum atomic E-state index is -5.20. The first-order chi connectivity index (χ1) is 28.5. The Hall–Kier alpha value is -4.92. The van der Waals surface area contributed by atoms with Gasteiger partial charge in [0.05, 0.1) is 35.8 Å². The quantitative estimate of drug-likeness (QED) is 0.0494. The van der Waals surface area contributed by atoms with Crippen LogP contribution in [-0.2, 0) is 33.8 Å². The number of aliphatic hydroxyl groups is 1. The summed E-state index contributed by atoms with van der Waals surface area (Å²) in [7, 11) is 0.778. The fraction of sp³-hybridized carbons (Fsp3) is 0.486. The molecule has 0 unspecified atom stereocenters. The number of ether oxygens (including phenoxy) is 1. The van der Waals surface area contributed by atoms with Crippen LogP contribution in [0.4, 0.5) is 53.5 Å². The van der Waals surface area contributed by atoms with Crippen molar-refractivity contribution in [3.63, 3.8) is 0 Å². The molecule has 0 saturated heterocycles. The van der Waals surface area contributed by atoms with Gasteiger partial charge in [-0.1, -0.05) is 12.1 Å². The first-order valence-corrected chi connectivity index (χ1v) is 19.1. The molecule has 344 valence electrons. The highest BCUT2D eigenvalue weighted by molar-refractivity contribution is 14.1. The predicted octanol–water partition coefficient (Wildman–Crippen LogP) is 6.16. The normalized spacial score (nSPS) is 14.5.